The Balaban J connectivity index is 2.86. The van der Waals surface area contributed by atoms with Gasteiger partial charge in [0.25, 0.3) is 5.24 Å². The highest BCUT2D eigenvalue weighted by molar-refractivity contribution is 8.13. The number of aryl methyl sites for hydroxylation is 1. The van der Waals surface area contributed by atoms with Crippen molar-refractivity contribution in [2.45, 2.75) is 33.6 Å². The molecule has 0 aromatic heterocycles. The van der Waals surface area contributed by atoms with E-state index in [0.717, 1.165) is 17.0 Å². The summed E-state index contributed by atoms with van der Waals surface area (Å²) in [5.74, 6) is 1.28. The zero-order chi connectivity index (χ0) is 12.1. The predicted molar refractivity (Wildman–Crippen MR) is 72.4 cm³/mol. The van der Waals surface area contributed by atoms with E-state index < -0.39 is 0 Å². The van der Waals surface area contributed by atoms with Gasteiger partial charge in [-0.05, 0) is 35.8 Å². The minimum absolute atomic E-state index is 0.0199. The third-order valence-electron chi connectivity index (χ3n) is 2.44. The van der Waals surface area contributed by atoms with E-state index in [1.807, 2.05) is 13.8 Å². The molecule has 0 unspecified atom stereocenters. The second kappa shape index (κ2) is 5.94. The fourth-order valence-corrected chi connectivity index (χ4v) is 1.85. The average molecular weight is 237 g/mol. The smallest absolute Gasteiger partial charge is 0.283 e. The van der Waals surface area contributed by atoms with Crippen molar-refractivity contribution < 1.29 is 4.79 Å². The van der Waals surface area contributed by atoms with Gasteiger partial charge < -0.3 is 5.32 Å². The summed E-state index contributed by atoms with van der Waals surface area (Å²) in [7, 11) is 0. The molecule has 0 saturated heterocycles. The Bertz CT molecular complexity index is 374. The fraction of sp³-hybridized carbons (Fsp3) is 0.462. The molecule has 0 aliphatic carbocycles. The third kappa shape index (κ3) is 3.56. The monoisotopic (exact) mass is 237 g/mol. The highest BCUT2D eigenvalue weighted by Crippen LogP contribution is 2.23. The first-order chi connectivity index (χ1) is 7.54. The summed E-state index contributed by atoms with van der Waals surface area (Å²) in [5.41, 5.74) is 3.29. The molecule has 0 atom stereocenters. The third-order valence-corrected chi connectivity index (χ3v) is 3.09. The second-order valence-electron chi connectivity index (χ2n) is 4.07. The molecule has 1 N–H and O–H groups in total. The molecule has 1 rings (SSSR count). The van der Waals surface area contributed by atoms with Crippen LogP contribution in [0.15, 0.2) is 18.2 Å². The number of nitrogens with one attached hydrogen (secondary N) is 1. The zero-order valence-electron chi connectivity index (χ0n) is 10.3. The standard InChI is InChI=1S/C13H19NOS/c1-5-16-13(15)14-12-8-11(9(2)3)7-6-10(12)4/h6-9H,5H2,1-4H3,(H,14,15). The maximum atomic E-state index is 11.5. The van der Waals surface area contributed by atoms with Gasteiger partial charge in [-0.3, -0.25) is 4.79 Å². The molecule has 0 aliphatic rings. The summed E-state index contributed by atoms with van der Waals surface area (Å²) in [6.45, 7) is 8.28. The number of benzene rings is 1. The van der Waals surface area contributed by atoms with E-state index in [1.165, 1.54) is 17.3 Å². The van der Waals surface area contributed by atoms with Gasteiger partial charge >= 0.3 is 0 Å². The number of amides is 1. The molecule has 16 heavy (non-hydrogen) atoms. The molecule has 2 nitrogen and oxygen atoms in total. The second-order valence-corrected chi connectivity index (χ2v) is 5.31. The molecule has 3 heteroatoms. The van der Waals surface area contributed by atoms with Gasteiger partial charge in [0, 0.05) is 5.69 Å². The first-order valence-electron chi connectivity index (χ1n) is 5.59. The normalized spacial score (nSPS) is 10.6. The van der Waals surface area contributed by atoms with Gasteiger partial charge in [-0.15, -0.1) is 0 Å². The molecule has 0 saturated carbocycles. The van der Waals surface area contributed by atoms with Gasteiger partial charge in [-0.2, -0.15) is 0 Å². The van der Waals surface area contributed by atoms with Crippen LogP contribution < -0.4 is 5.32 Å². The molecular formula is C13H19NOS. The summed E-state index contributed by atoms with van der Waals surface area (Å²) in [4.78, 5) is 11.5. The van der Waals surface area contributed by atoms with Crippen LogP contribution in [0.5, 0.6) is 0 Å². The molecule has 1 aromatic carbocycles. The van der Waals surface area contributed by atoms with Crippen LogP contribution in [0.1, 0.15) is 37.8 Å². The Morgan fingerprint density at radius 2 is 2.12 bits per heavy atom. The number of hydrogen-bond donors (Lipinski definition) is 1. The van der Waals surface area contributed by atoms with Crippen molar-refractivity contribution in [2.24, 2.45) is 0 Å². The van der Waals surface area contributed by atoms with Crippen LogP contribution in [0.3, 0.4) is 0 Å². The molecule has 0 radical (unpaired) electrons. The van der Waals surface area contributed by atoms with Crippen LogP contribution in [0, 0.1) is 6.92 Å². The van der Waals surface area contributed by atoms with Gasteiger partial charge in [0.15, 0.2) is 0 Å². The molecule has 1 aromatic rings. The van der Waals surface area contributed by atoms with Crippen molar-refractivity contribution in [1.29, 1.82) is 0 Å². The lowest BCUT2D eigenvalue weighted by Gasteiger charge is -2.11. The first-order valence-corrected chi connectivity index (χ1v) is 6.57. The van der Waals surface area contributed by atoms with Crippen molar-refractivity contribution in [2.75, 3.05) is 11.1 Å². The zero-order valence-corrected chi connectivity index (χ0v) is 11.1. The van der Waals surface area contributed by atoms with E-state index in [4.69, 9.17) is 0 Å². The summed E-state index contributed by atoms with van der Waals surface area (Å²) in [6, 6.07) is 6.23. The Morgan fingerprint density at radius 1 is 1.44 bits per heavy atom. The van der Waals surface area contributed by atoms with E-state index >= 15 is 0 Å². The van der Waals surface area contributed by atoms with Gasteiger partial charge in [-0.25, -0.2) is 0 Å². The number of thioether (sulfide) groups is 1. The van der Waals surface area contributed by atoms with E-state index in [1.54, 1.807) is 0 Å². The highest BCUT2D eigenvalue weighted by atomic mass is 32.2. The van der Waals surface area contributed by atoms with Gasteiger partial charge in [0.05, 0.1) is 0 Å². The summed E-state index contributed by atoms with van der Waals surface area (Å²) >= 11 is 1.30. The lowest BCUT2D eigenvalue weighted by atomic mass is 10.0. The molecular weight excluding hydrogens is 218 g/mol. The van der Waals surface area contributed by atoms with E-state index in [9.17, 15) is 4.79 Å². The molecule has 0 fully saturated rings. The van der Waals surface area contributed by atoms with Crippen LogP contribution >= 0.6 is 11.8 Å². The van der Waals surface area contributed by atoms with E-state index in [0.29, 0.717) is 5.92 Å². The molecule has 0 bridgehead atoms. The van der Waals surface area contributed by atoms with E-state index in [-0.39, 0.29) is 5.24 Å². The van der Waals surface area contributed by atoms with Crippen molar-refractivity contribution in [3.63, 3.8) is 0 Å². The molecule has 1 amide bonds. The van der Waals surface area contributed by atoms with Crippen LogP contribution in [0.4, 0.5) is 10.5 Å². The largest absolute Gasteiger partial charge is 0.317 e. The maximum Gasteiger partial charge on any atom is 0.283 e. The van der Waals surface area contributed by atoms with Crippen molar-refractivity contribution in [3.05, 3.63) is 29.3 Å². The minimum atomic E-state index is 0.0199. The molecule has 0 aliphatic heterocycles. The summed E-state index contributed by atoms with van der Waals surface area (Å²) in [5, 5.41) is 2.95. The van der Waals surface area contributed by atoms with Gasteiger partial charge in [0.1, 0.15) is 0 Å². The predicted octanol–water partition coefficient (Wildman–Crippen LogP) is 4.40. The quantitative estimate of drug-likeness (QED) is 0.844. The summed E-state index contributed by atoms with van der Waals surface area (Å²) < 4.78 is 0. The Labute approximate surface area is 102 Å². The van der Waals surface area contributed by atoms with Crippen molar-refractivity contribution in [1.82, 2.24) is 0 Å². The number of rotatable bonds is 3. The first kappa shape index (κ1) is 13.1. The van der Waals surface area contributed by atoms with Gasteiger partial charge in [0.2, 0.25) is 0 Å². The number of carbonyl (C=O) groups is 1. The van der Waals surface area contributed by atoms with Crippen molar-refractivity contribution >= 4 is 22.7 Å². The van der Waals surface area contributed by atoms with Crippen LogP contribution in [0.2, 0.25) is 0 Å². The molecule has 88 valence electrons. The SMILES string of the molecule is CCSC(=O)Nc1cc(C(C)C)ccc1C. The Morgan fingerprint density at radius 3 is 2.69 bits per heavy atom. The van der Waals surface area contributed by atoms with Gasteiger partial charge in [-0.1, -0.05) is 44.7 Å². The summed E-state index contributed by atoms with van der Waals surface area (Å²) in [6.07, 6.45) is 0. The Kier molecular flexibility index (Phi) is 4.87. The van der Waals surface area contributed by atoms with Crippen LogP contribution in [-0.2, 0) is 0 Å². The number of carbonyl (C=O) groups excluding carboxylic acids is 1. The average Bonchev–Trinajstić information content (AvgIpc) is 2.21. The number of anilines is 1. The van der Waals surface area contributed by atoms with Crippen molar-refractivity contribution in [3.8, 4) is 0 Å². The number of hydrogen-bond acceptors (Lipinski definition) is 2. The maximum absolute atomic E-state index is 11.5. The lowest BCUT2D eigenvalue weighted by molar-refractivity contribution is 0.270. The molecule has 0 spiro atoms. The van der Waals surface area contributed by atoms with E-state index in [2.05, 4.69) is 37.4 Å². The molecule has 0 heterocycles. The minimum Gasteiger partial charge on any atom is -0.317 e. The lowest BCUT2D eigenvalue weighted by Crippen LogP contribution is -2.07. The highest BCUT2D eigenvalue weighted by Gasteiger charge is 2.06. The van der Waals surface area contributed by atoms with Crippen LogP contribution in [-0.4, -0.2) is 11.0 Å². The van der Waals surface area contributed by atoms with Crippen LogP contribution in [0.25, 0.3) is 0 Å². The topological polar surface area (TPSA) is 29.1 Å². The fourth-order valence-electron chi connectivity index (χ4n) is 1.41. The Hall–Kier alpha value is -0.960.